The number of rotatable bonds is 4. The molecule has 0 saturated carbocycles. The molecule has 2 rings (SSSR count). The lowest BCUT2D eigenvalue weighted by molar-refractivity contribution is -0.0197. The van der Waals surface area contributed by atoms with Gasteiger partial charge in [-0.3, -0.25) is 4.79 Å². The van der Waals surface area contributed by atoms with Crippen molar-refractivity contribution in [3.05, 3.63) is 22.8 Å². The Morgan fingerprint density at radius 3 is 2.93 bits per heavy atom. The van der Waals surface area contributed by atoms with Crippen molar-refractivity contribution in [1.82, 2.24) is 0 Å². The van der Waals surface area contributed by atoms with E-state index >= 15 is 0 Å². The Morgan fingerprint density at radius 2 is 2.33 bits per heavy atom. The van der Waals surface area contributed by atoms with E-state index in [1.807, 2.05) is 0 Å². The van der Waals surface area contributed by atoms with Gasteiger partial charge in [-0.05, 0) is 12.1 Å². The van der Waals surface area contributed by atoms with Crippen LogP contribution < -0.4 is 0 Å². The van der Waals surface area contributed by atoms with Crippen LogP contribution in [0.15, 0.2) is 26.8 Å². The lowest BCUT2D eigenvalue weighted by Crippen LogP contribution is -2.29. The number of amides is 1. The molecular weight excluding hydrogens is 218 g/mol. The molecular formula is C9H9NO4S. The van der Waals surface area contributed by atoms with E-state index in [4.69, 9.17) is 9.15 Å². The molecule has 0 spiro atoms. The number of carbonyl (C=O) groups excluding carboxylic acids is 1. The Morgan fingerprint density at radius 1 is 1.53 bits per heavy atom. The van der Waals surface area contributed by atoms with Gasteiger partial charge >= 0.3 is 5.91 Å². The van der Waals surface area contributed by atoms with E-state index in [1.165, 1.54) is 17.8 Å². The van der Waals surface area contributed by atoms with Crippen molar-refractivity contribution in [2.75, 3.05) is 19.0 Å². The Labute approximate surface area is 90.1 Å². The number of carbonyl (C=O) groups is 1. The summed E-state index contributed by atoms with van der Waals surface area (Å²) in [7, 11) is 0. The second-order valence-corrected chi connectivity index (χ2v) is 4.25. The third kappa shape index (κ3) is 2.45. The van der Waals surface area contributed by atoms with E-state index in [2.05, 4.69) is 5.18 Å². The summed E-state index contributed by atoms with van der Waals surface area (Å²) in [4.78, 5) is 20.8. The van der Waals surface area contributed by atoms with Crippen LogP contribution in [0.25, 0.3) is 0 Å². The minimum Gasteiger partial charge on any atom is -0.445 e. The first-order valence-electron chi connectivity index (χ1n) is 4.47. The predicted molar refractivity (Wildman–Crippen MR) is 53.9 cm³/mol. The van der Waals surface area contributed by atoms with Crippen molar-refractivity contribution >= 4 is 17.7 Å². The van der Waals surface area contributed by atoms with Crippen LogP contribution >= 0.6 is 11.8 Å². The number of thioether (sulfide) groups is 1. The van der Waals surface area contributed by atoms with Gasteiger partial charge in [-0.2, -0.15) is 0 Å². The summed E-state index contributed by atoms with van der Waals surface area (Å²) < 4.78 is 10.2. The summed E-state index contributed by atoms with van der Waals surface area (Å²) in [6, 6.07) is 3.13. The van der Waals surface area contributed by atoms with Crippen LogP contribution in [0.1, 0.15) is 10.6 Å². The summed E-state index contributed by atoms with van der Waals surface area (Å²) in [5.74, 6) is 0.588. The highest BCUT2D eigenvalue weighted by Gasteiger charge is 2.19. The highest BCUT2D eigenvalue weighted by molar-refractivity contribution is 7.99. The Kier molecular flexibility index (Phi) is 3.17. The Hall–Kier alpha value is -1.14. The molecule has 1 aliphatic rings. The molecule has 1 saturated heterocycles. The maximum atomic E-state index is 10.8. The van der Waals surface area contributed by atoms with Crippen molar-refractivity contribution in [1.29, 1.82) is 0 Å². The van der Waals surface area contributed by atoms with Crippen LogP contribution in [0.4, 0.5) is 0 Å². The zero-order valence-corrected chi connectivity index (χ0v) is 8.66. The minimum absolute atomic E-state index is 0.00244. The maximum Gasteiger partial charge on any atom is 0.351 e. The average molecular weight is 227 g/mol. The molecule has 0 atom stereocenters. The van der Waals surface area contributed by atoms with Gasteiger partial charge in [0, 0.05) is 16.8 Å². The summed E-state index contributed by atoms with van der Waals surface area (Å²) in [5, 5.41) is 2.92. The molecule has 5 nitrogen and oxygen atoms in total. The molecule has 0 unspecified atom stereocenters. The van der Waals surface area contributed by atoms with Gasteiger partial charge in [0.05, 0.1) is 13.2 Å². The Bertz CT molecular complexity index is 372. The van der Waals surface area contributed by atoms with Gasteiger partial charge in [0.1, 0.15) is 0 Å². The molecule has 1 fully saturated rings. The van der Waals surface area contributed by atoms with E-state index in [9.17, 15) is 9.70 Å². The second-order valence-electron chi connectivity index (χ2n) is 3.23. The van der Waals surface area contributed by atoms with Crippen LogP contribution in [0.5, 0.6) is 0 Å². The van der Waals surface area contributed by atoms with Crippen molar-refractivity contribution in [3.63, 3.8) is 0 Å². The first-order chi connectivity index (χ1) is 7.29. The Balaban J connectivity index is 1.88. The molecule has 0 aliphatic carbocycles. The van der Waals surface area contributed by atoms with Crippen molar-refractivity contribution in [3.8, 4) is 0 Å². The van der Waals surface area contributed by atoms with E-state index in [0.29, 0.717) is 11.0 Å². The molecule has 1 amide bonds. The van der Waals surface area contributed by atoms with Gasteiger partial charge in [0.25, 0.3) is 0 Å². The lowest BCUT2D eigenvalue weighted by atomic mass is 10.1. The van der Waals surface area contributed by atoms with Crippen molar-refractivity contribution < 1.29 is 13.9 Å². The molecule has 80 valence electrons. The minimum atomic E-state index is -0.867. The maximum absolute atomic E-state index is 10.8. The largest absolute Gasteiger partial charge is 0.445 e. The number of nitrogens with zero attached hydrogens (tertiary/aromatic N) is 1. The first kappa shape index (κ1) is 10.4. The number of nitroso groups, excluding NO2 is 1. The SMILES string of the molecule is O=NC(=O)c1ccc(SCC2COC2)o1. The summed E-state index contributed by atoms with van der Waals surface area (Å²) >= 11 is 1.51. The van der Waals surface area contributed by atoms with Gasteiger partial charge in [-0.1, -0.05) is 11.8 Å². The number of hydrogen-bond acceptors (Lipinski definition) is 5. The quantitative estimate of drug-likeness (QED) is 0.580. The average Bonchev–Trinajstić information content (AvgIpc) is 2.63. The third-order valence-electron chi connectivity index (χ3n) is 2.04. The summed E-state index contributed by atoms with van der Waals surface area (Å²) in [5.41, 5.74) is 0. The van der Waals surface area contributed by atoms with Crippen LogP contribution in [0.3, 0.4) is 0 Å². The molecule has 2 heterocycles. The number of furan rings is 1. The van der Waals surface area contributed by atoms with Crippen LogP contribution in [-0.4, -0.2) is 24.9 Å². The fourth-order valence-corrected chi connectivity index (χ4v) is 2.04. The van der Waals surface area contributed by atoms with Crippen molar-refractivity contribution in [2.45, 2.75) is 5.09 Å². The molecule has 1 aromatic rings. The topological polar surface area (TPSA) is 68.9 Å². The molecule has 6 heteroatoms. The van der Waals surface area contributed by atoms with E-state index < -0.39 is 5.91 Å². The zero-order valence-electron chi connectivity index (χ0n) is 7.84. The van der Waals surface area contributed by atoms with Crippen LogP contribution in [-0.2, 0) is 4.74 Å². The normalized spacial score (nSPS) is 16.0. The number of hydrogen-bond donors (Lipinski definition) is 0. The highest BCUT2D eigenvalue weighted by Crippen LogP contribution is 2.26. The van der Waals surface area contributed by atoms with Gasteiger partial charge < -0.3 is 9.15 Å². The molecule has 15 heavy (non-hydrogen) atoms. The summed E-state index contributed by atoms with van der Waals surface area (Å²) in [6.07, 6.45) is 0. The lowest BCUT2D eigenvalue weighted by Gasteiger charge is -2.24. The molecule has 0 bridgehead atoms. The number of ether oxygens (including phenoxy) is 1. The van der Waals surface area contributed by atoms with Crippen LogP contribution in [0, 0.1) is 10.8 Å². The molecule has 0 aromatic carbocycles. The van der Waals surface area contributed by atoms with E-state index in [0.717, 1.165) is 19.0 Å². The van der Waals surface area contributed by atoms with Gasteiger partial charge in [-0.25, -0.2) is 0 Å². The molecule has 0 radical (unpaired) electrons. The zero-order chi connectivity index (χ0) is 10.7. The highest BCUT2D eigenvalue weighted by atomic mass is 32.2. The molecule has 0 N–H and O–H groups in total. The predicted octanol–water partition coefficient (Wildman–Crippen LogP) is 1.92. The standard InChI is InChI=1S/C9H9NO4S/c11-9(10-12)7-1-2-8(14-7)15-5-6-3-13-4-6/h1-2,6H,3-5H2. The third-order valence-corrected chi connectivity index (χ3v) is 3.19. The fourth-order valence-electron chi connectivity index (χ4n) is 1.14. The van der Waals surface area contributed by atoms with Crippen molar-refractivity contribution in [2.24, 2.45) is 11.1 Å². The first-order valence-corrected chi connectivity index (χ1v) is 5.46. The monoisotopic (exact) mass is 227 g/mol. The van der Waals surface area contributed by atoms with Gasteiger partial charge in [0.15, 0.2) is 10.9 Å². The smallest absolute Gasteiger partial charge is 0.351 e. The molecule has 1 aliphatic heterocycles. The van der Waals surface area contributed by atoms with Gasteiger partial charge in [-0.15, -0.1) is 4.91 Å². The molecule has 1 aromatic heterocycles. The fraction of sp³-hybridized carbons (Fsp3) is 0.444. The second kappa shape index (κ2) is 4.59. The van der Waals surface area contributed by atoms with Gasteiger partial charge in [0.2, 0.25) is 0 Å². The summed E-state index contributed by atoms with van der Waals surface area (Å²) in [6.45, 7) is 1.57. The van der Waals surface area contributed by atoms with Crippen LogP contribution in [0.2, 0.25) is 0 Å². The van der Waals surface area contributed by atoms with E-state index in [1.54, 1.807) is 6.07 Å². The van der Waals surface area contributed by atoms with E-state index in [-0.39, 0.29) is 5.76 Å².